The fourth-order valence-corrected chi connectivity index (χ4v) is 4.58. The number of piperidine rings is 1. The predicted molar refractivity (Wildman–Crippen MR) is 132 cm³/mol. The van der Waals surface area contributed by atoms with Crippen molar-refractivity contribution in [3.8, 4) is 5.75 Å². The van der Waals surface area contributed by atoms with E-state index in [-0.39, 0.29) is 31.0 Å². The molecule has 2 heterocycles. The first-order valence-corrected chi connectivity index (χ1v) is 11.6. The molecule has 1 aromatic heterocycles. The number of carbonyl (C=O) groups excluding carboxylic acids is 1. The van der Waals surface area contributed by atoms with Crippen LogP contribution in [-0.2, 0) is 4.79 Å². The number of pyridine rings is 1. The maximum atomic E-state index is 12.3. The van der Waals surface area contributed by atoms with Crippen molar-refractivity contribution in [1.29, 1.82) is 0 Å². The zero-order chi connectivity index (χ0) is 23.9. The number of fused-ring (bicyclic) bond motifs is 1. The largest absolute Gasteiger partial charge is 0.497 e. The van der Waals surface area contributed by atoms with Crippen LogP contribution in [0.2, 0.25) is 0 Å². The molecule has 0 saturated carbocycles. The second kappa shape index (κ2) is 11.4. The number of aliphatic hydroxyl groups excluding tert-OH is 2. The van der Waals surface area contributed by atoms with Gasteiger partial charge in [-0.05, 0) is 54.9 Å². The van der Waals surface area contributed by atoms with Crippen LogP contribution in [0, 0.1) is 5.92 Å². The molecule has 8 heteroatoms. The highest BCUT2D eigenvalue weighted by Crippen LogP contribution is 2.28. The lowest BCUT2D eigenvalue weighted by molar-refractivity contribution is -0.115. The van der Waals surface area contributed by atoms with Crippen molar-refractivity contribution >= 4 is 22.5 Å². The summed E-state index contributed by atoms with van der Waals surface area (Å²) in [5.41, 5.74) is 2.38. The van der Waals surface area contributed by atoms with Crippen molar-refractivity contribution in [2.45, 2.75) is 18.6 Å². The van der Waals surface area contributed by atoms with Crippen molar-refractivity contribution in [3.05, 3.63) is 66.4 Å². The van der Waals surface area contributed by atoms with Crippen molar-refractivity contribution in [2.24, 2.45) is 5.92 Å². The molecule has 0 spiro atoms. The number of aliphatic hydroxyl groups is 2. The Balaban J connectivity index is 1.33. The van der Waals surface area contributed by atoms with Gasteiger partial charge in [0.1, 0.15) is 5.75 Å². The number of nitrogens with zero attached hydrogens (tertiary/aromatic N) is 2. The van der Waals surface area contributed by atoms with Crippen molar-refractivity contribution in [1.82, 2.24) is 15.2 Å². The summed E-state index contributed by atoms with van der Waals surface area (Å²) in [6.45, 7) is 2.05. The minimum atomic E-state index is -0.696. The third kappa shape index (κ3) is 5.90. The zero-order valence-corrected chi connectivity index (χ0v) is 19.4. The Morgan fingerprint density at radius 3 is 2.82 bits per heavy atom. The Morgan fingerprint density at radius 2 is 2.06 bits per heavy atom. The van der Waals surface area contributed by atoms with Crippen LogP contribution in [0.5, 0.6) is 5.75 Å². The number of likely N-dealkylation sites (tertiary alicyclic amines) is 1. The topological polar surface area (TPSA) is 107 Å². The predicted octanol–water partition coefficient (Wildman–Crippen LogP) is 2.19. The summed E-state index contributed by atoms with van der Waals surface area (Å²) in [4.78, 5) is 18.8. The summed E-state index contributed by atoms with van der Waals surface area (Å²) in [6, 6.07) is 16.9. The maximum absolute atomic E-state index is 12.3. The number of benzene rings is 2. The highest BCUT2D eigenvalue weighted by Gasteiger charge is 2.30. The molecule has 1 fully saturated rings. The highest BCUT2D eigenvalue weighted by atomic mass is 16.5. The molecule has 1 aliphatic rings. The van der Waals surface area contributed by atoms with Gasteiger partial charge >= 0.3 is 0 Å². The number of para-hydroxylation sites is 1. The molecule has 0 aliphatic carbocycles. The van der Waals surface area contributed by atoms with Gasteiger partial charge in [0.05, 0.1) is 25.3 Å². The quantitative estimate of drug-likeness (QED) is 0.385. The number of ether oxygens (including phenoxy) is 1. The number of aromatic nitrogens is 1. The van der Waals surface area contributed by atoms with E-state index in [1.165, 1.54) is 0 Å². The molecule has 3 aromatic rings. The van der Waals surface area contributed by atoms with E-state index in [0.717, 1.165) is 40.9 Å². The second-order valence-electron chi connectivity index (χ2n) is 8.69. The summed E-state index contributed by atoms with van der Waals surface area (Å²) in [7, 11) is 1.62. The minimum Gasteiger partial charge on any atom is -0.497 e. The minimum absolute atomic E-state index is 0.0138. The average Bonchev–Trinajstić information content (AvgIpc) is 2.87. The molecular formula is C26H32N4O4. The lowest BCUT2D eigenvalue weighted by Crippen LogP contribution is -2.52. The van der Waals surface area contributed by atoms with Crippen LogP contribution in [0.4, 0.5) is 5.69 Å². The number of hydrogen-bond donors (Lipinski definition) is 4. The molecule has 3 atom stereocenters. The van der Waals surface area contributed by atoms with Crippen LogP contribution in [0.25, 0.3) is 10.9 Å². The molecule has 1 amide bonds. The summed E-state index contributed by atoms with van der Waals surface area (Å²) in [5.74, 6) is 0.581. The number of carbonyl (C=O) groups is 1. The highest BCUT2D eigenvalue weighted by molar-refractivity contribution is 5.92. The second-order valence-corrected chi connectivity index (χ2v) is 8.69. The van der Waals surface area contributed by atoms with E-state index in [1.54, 1.807) is 13.3 Å². The Morgan fingerprint density at radius 1 is 1.24 bits per heavy atom. The first-order chi connectivity index (χ1) is 16.6. The van der Waals surface area contributed by atoms with Crippen molar-refractivity contribution in [3.63, 3.8) is 0 Å². The van der Waals surface area contributed by atoms with Crippen LogP contribution in [0.15, 0.2) is 60.8 Å². The lowest BCUT2D eigenvalue weighted by Gasteiger charge is -2.39. The van der Waals surface area contributed by atoms with E-state index >= 15 is 0 Å². The Kier molecular flexibility index (Phi) is 8.08. The van der Waals surface area contributed by atoms with E-state index in [0.29, 0.717) is 13.1 Å². The average molecular weight is 465 g/mol. The van der Waals surface area contributed by atoms with Crippen LogP contribution in [-0.4, -0.2) is 71.9 Å². The molecule has 4 N–H and O–H groups in total. The van der Waals surface area contributed by atoms with Gasteiger partial charge in [0.2, 0.25) is 5.91 Å². The Hall–Kier alpha value is -3.04. The van der Waals surface area contributed by atoms with Crippen LogP contribution >= 0.6 is 0 Å². The van der Waals surface area contributed by atoms with Gasteiger partial charge in [-0.2, -0.15) is 0 Å². The summed E-state index contributed by atoms with van der Waals surface area (Å²) in [5, 5.41) is 28.1. The van der Waals surface area contributed by atoms with E-state index in [4.69, 9.17) is 4.74 Å². The first-order valence-electron chi connectivity index (χ1n) is 11.6. The number of amides is 1. The number of hydrogen-bond acceptors (Lipinski definition) is 7. The third-order valence-electron chi connectivity index (χ3n) is 6.41. The first kappa shape index (κ1) is 24.1. The smallest absolute Gasteiger partial charge is 0.238 e. The van der Waals surface area contributed by atoms with Crippen molar-refractivity contribution < 1.29 is 19.7 Å². The molecule has 180 valence electrons. The van der Waals surface area contributed by atoms with Gasteiger partial charge in [0.25, 0.3) is 0 Å². The normalized spacial score (nSPS) is 19.6. The molecule has 8 nitrogen and oxygen atoms in total. The molecule has 1 saturated heterocycles. The number of methoxy groups -OCH3 is 1. The molecule has 0 radical (unpaired) electrons. The molecule has 2 aromatic carbocycles. The summed E-state index contributed by atoms with van der Waals surface area (Å²) >= 11 is 0. The fourth-order valence-electron chi connectivity index (χ4n) is 4.58. The zero-order valence-electron chi connectivity index (χ0n) is 19.4. The maximum Gasteiger partial charge on any atom is 0.238 e. The molecule has 0 unspecified atom stereocenters. The van der Waals surface area contributed by atoms with E-state index in [1.807, 2.05) is 54.6 Å². The number of nitrogens with one attached hydrogen (secondary N) is 2. The van der Waals surface area contributed by atoms with Crippen LogP contribution in [0.3, 0.4) is 0 Å². The lowest BCUT2D eigenvalue weighted by atomic mass is 9.92. The van der Waals surface area contributed by atoms with E-state index < -0.39 is 6.10 Å². The van der Waals surface area contributed by atoms with Gasteiger partial charge in [0.15, 0.2) is 0 Å². The van der Waals surface area contributed by atoms with Gasteiger partial charge in [-0.15, -0.1) is 0 Å². The standard InChI is InChI=1S/C26H32N4O4/c1-34-20-7-8-24-22(13-20)21(9-11-27-24)25(32)16-30-12-10-23(18(15-30)17-31)28-14-26(33)29-19-5-3-2-4-6-19/h2-9,11,13,18,23,25,28,31-32H,10,12,14-17H2,1H3,(H,29,33)/t18-,23-,25+/m1/s1. The molecule has 1 aliphatic heterocycles. The molecule has 4 rings (SSSR count). The monoisotopic (exact) mass is 464 g/mol. The molecular weight excluding hydrogens is 432 g/mol. The molecule has 0 bridgehead atoms. The third-order valence-corrected chi connectivity index (χ3v) is 6.41. The fraction of sp³-hybridized carbons (Fsp3) is 0.385. The Bertz CT molecular complexity index is 1090. The van der Waals surface area contributed by atoms with Gasteiger partial charge in [-0.25, -0.2) is 0 Å². The number of β-amino-alcohol motifs (C(OH)–C–C–N with tert-alkyl or cyclic N) is 1. The van der Waals surface area contributed by atoms with Gasteiger partial charge in [0, 0.05) is 48.9 Å². The summed E-state index contributed by atoms with van der Waals surface area (Å²) < 4.78 is 5.34. The van der Waals surface area contributed by atoms with E-state index in [2.05, 4.69) is 20.5 Å². The Labute approximate surface area is 199 Å². The SMILES string of the molecule is COc1ccc2nccc([C@@H](O)CN3CC[C@@H](NCC(=O)Nc4ccccc4)[C@@H](CO)C3)c2c1. The van der Waals surface area contributed by atoms with E-state index in [9.17, 15) is 15.0 Å². The number of rotatable bonds is 9. The van der Waals surface area contributed by atoms with Gasteiger partial charge in [-0.1, -0.05) is 18.2 Å². The number of anilines is 1. The van der Waals surface area contributed by atoms with Crippen LogP contribution < -0.4 is 15.4 Å². The van der Waals surface area contributed by atoms with Crippen molar-refractivity contribution in [2.75, 3.05) is 45.2 Å². The van der Waals surface area contributed by atoms with Gasteiger partial charge < -0.3 is 25.6 Å². The molecule has 34 heavy (non-hydrogen) atoms. The summed E-state index contributed by atoms with van der Waals surface area (Å²) in [6.07, 6.45) is 1.79. The van der Waals surface area contributed by atoms with Crippen LogP contribution in [0.1, 0.15) is 18.1 Å². The van der Waals surface area contributed by atoms with Gasteiger partial charge in [-0.3, -0.25) is 14.7 Å².